The molecule has 0 atom stereocenters. The largest absolute Gasteiger partial charge is 0.468 e. The Kier molecular flexibility index (Phi) is 23.6. The highest BCUT2D eigenvalue weighted by molar-refractivity contribution is 5.91. The molecule has 0 fully saturated rings. The Hall–Kier alpha value is -4.20. The quantitative estimate of drug-likeness (QED) is 0.0242. The van der Waals surface area contributed by atoms with Crippen molar-refractivity contribution in [2.75, 3.05) is 93.8 Å². The summed E-state index contributed by atoms with van der Waals surface area (Å²) in [4.78, 5) is 94.5. The fourth-order valence-electron chi connectivity index (χ4n) is 2.59. The first kappa shape index (κ1) is 38.9. The number of hydrogen-bond acceptors (Lipinski definition) is 14. The molecule has 0 radical (unpaired) electrons. The van der Waals surface area contributed by atoms with Crippen LogP contribution in [-0.2, 0) is 47.8 Å². The molecule has 0 aliphatic heterocycles. The van der Waals surface area contributed by atoms with Gasteiger partial charge in [-0.1, -0.05) is 0 Å². The molecule has 0 saturated heterocycles. The number of methoxy groups -OCH3 is 2. The fourth-order valence-corrected chi connectivity index (χ4v) is 2.59. The molecule has 0 aromatic heterocycles. The number of likely N-dealkylation sites (N-methyl/N-ethyl adjacent to an activating group) is 2. The van der Waals surface area contributed by atoms with Gasteiger partial charge < -0.3 is 50.7 Å². The zero-order valence-corrected chi connectivity index (χ0v) is 23.7. The van der Waals surface area contributed by atoms with E-state index >= 15 is 0 Å². The van der Waals surface area contributed by atoms with Crippen LogP contribution in [0.25, 0.3) is 0 Å². The molecule has 19 nitrogen and oxygen atoms in total. The number of hydrazine groups is 1. The maximum absolute atomic E-state index is 12.3. The van der Waals surface area contributed by atoms with Crippen LogP contribution in [0.1, 0.15) is 0 Å². The number of rotatable bonds is 19. The molecule has 0 heterocycles. The van der Waals surface area contributed by atoms with E-state index in [1.54, 1.807) is 7.05 Å². The SMILES string of the molecule is CNCC(=O)NCC(=O)N(CC(=O)NCCNC(=O)CN(CC(=O)OC)C(=O)CNC)CC(=O)OC.NNCC=O. The average molecular weight is 592 g/mol. The third-order valence-electron chi connectivity index (χ3n) is 4.54. The monoisotopic (exact) mass is 591 g/mol. The molecule has 41 heavy (non-hydrogen) atoms. The average Bonchev–Trinajstić information content (AvgIpc) is 2.94. The predicted octanol–water partition coefficient (Wildman–Crippen LogP) is -6.57. The first-order valence-electron chi connectivity index (χ1n) is 12.1. The van der Waals surface area contributed by atoms with Gasteiger partial charge >= 0.3 is 11.9 Å². The summed E-state index contributed by atoms with van der Waals surface area (Å²) in [6, 6.07) is 0. The number of nitrogens with one attached hydrogen (secondary N) is 6. The summed E-state index contributed by atoms with van der Waals surface area (Å²) in [5.41, 5.74) is 2.15. The molecular weight excluding hydrogens is 550 g/mol. The molecule has 0 aromatic carbocycles. The van der Waals surface area contributed by atoms with Crippen molar-refractivity contribution in [1.82, 2.24) is 41.8 Å². The number of esters is 2. The van der Waals surface area contributed by atoms with Gasteiger partial charge in [0.05, 0.1) is 40.4 Å². The van der Waals surface area contributed by atoms with E-state index in [2.05, 4.69) is 47.3 Å². The second kappa shape index (κ2) is 24.8. The second-order valence-electron chi connectivity index (χ2n) is 7.76. The number of carbonyl (C=O) groups excluding carboxylic acids is 8. The maximum atomic E-state index is 12.3. The Morgan fingerprint density at radius 2 is 1.10 bits per heavy atom. The van der Waals surface area contributed by atoms with Crippen molar-refractivity contribution in [2.45, 2.75) is 0 Å². The zero-order chi connectivity index (χ0) is 31.6. The first-order chi connectivity index (χ1) is 19.5. The molecule has 0 rings (SSSR count). The van der Waals surface area contributed by atoms with E-state index in [0.717, 1.165) is 24.0 Å². The van der Waals surface area contributed by atoms with Gasteiger partial charge in [0, 0.05) is 13.1 Å². The lowest BCUT2D eigenvalue weighted by Gasteiger charge is -2.22. The summed E-state index contributed by atoms with van der Waals surface area (Å²) in [7, 11) is 5.38. The van der Waals surface area contributed by atoms with Crippen molar-refractivity contribution in [2.24, 2.45) is 5.84 Å². The lowest BCUT2D eigenvalue weighted by molar-refractivity contribution is -0.148. The summed E-state index contributed by atoms with van der Waals surface area (Å²) in [5, 5.41) is 12.6. The fraction of sp³-hybridized carbons (Fsp3) is 0.636. The normalized spacial score (nSPS) is 9.68. The van der Waals surface area contributed by atoms with Crippen LogP contribution in [0.2, 0.25) is 0 Å². The van der Waals surface area contributed by atoms with Crippen molar-refractivity contribution in [3.63, 3.8) is 0 Å². The van der Waals surface area contributed by atoms with E-state index in [0.29, 0.717) is 6.29 Å². The third kappa shape index (κ3) is 21.3. The van der Waals surface area contributed by atoms with Crippen LogP contribution >= 0.6 is 0 Å². The van der Waals surface area contributed by atoms with Crippen LogP contribution in [0.3, 0.4) is 0 Å². The summed E-state index contributed by atoms with van der Waals surface area (Å²) in [5.74, 6) is 0.416. The Labute approximate surface area is 237 Å². The highest BCUT2D eigenvalue weighted by atomic mass is 16.5. The van der Waals surface area contributed by atoms with Gasteiger partial charge in [-0.25, -0.2) is 0 Å². The van der Waals surface area contributed by atoms with Crippen molar-refractivity contribution in [3.8, 4) is 0 Å². The van der Waals surface area contributed by atoms with Crippen LogP contribution in [-0.4, -0.2) is 151 Å². The summed E-state index contributed by atoms with van der Waals surface area (Å²) in [6.45, 7) is -2.11. The van der Waals surface area contributed by atoms with Crippen LogP contribution in [0.4, 0.5) is 0 Å². The van der Waals surface area contributed by atoms with Gasteiger partial charge in [0.1, 0.15) is 32.5 Å². The standard InChI is InChI=1S/C20H35N7O9.C2H6N2O/c1-21-7-14(28)25-9-18(32)27(13-20(34)36-4)11-16(30)24-6-5-23-15(29)10-26(12-19(33)35-3)17(31)8-22-2;3-4-1-2-5/h21-22H,5-13H2,1-4H3,(H,23,29)(H,24,30)(H,25,28);2,4H,1,3H2. The van der Waals surface area contributed by atoms with Gasteiger partial charge in [0.15, 0.2) is 0 Å². The van der Waals surface area contributed by atoms with Gasteiger partial charge in [-0.2, -0.15) is 0 Å². The third-order valence-corrected chi connectivity index (χ3v) is 4.54. The second-order valence-corrected chi connectivity index (χ2v) is 7.76. The molecule has 0 aliphatic rings. The Morgan fingerprint density at radius 3 is 1.44 bits per heavy atom. The molecule has 19 heteroatoms. The molecule has 0 unspecified atom stereocenters. The number of amides is 5. The number of aldehydes is 1. The minimum absolute atomic E-state index is 0.0120. The lowest BCUT2D eigenvalue weighted by atomic mass is 10.4. The molecule has 0 aromatic rings. The zero-order valence-electron chi connectivity index (χ0n) is 23.7. The highest BCUT2D eigenvalue weighted by Gasteiger charge is 2.22. The van der Waals surface area contributed by atoms with Crippen molar-refractivity contribution in [3.05, 3.63) is 0 Å². The van der Waals surface area contributed by atoms with E-state index in [4.69, 9.17) is 0 Å². The molecule has 8 N–H and O–H groups in total. The molecule has 0 bridgehead atoms. The van der Waals surface area contributed by atoms with E-state index in [9.17, 15) is 38.4 Å². The number of nitrogens with zero attached hydrogens (tertiary/aromatic N) is 2. The van der Waals surface area contributed by atoms with Gasteiger partial charge in [0.2, 0.25) is 29.5 Å². The lowest BCUT2D eigenvalue weighted by Crippen LogP contribution is -2.49. The van der Waals surface area contributed by atoms with Crippen molar-refractivity contribution in [1.29, 1.82) is 0 Å². The predicted molar refractivity (Wildman–Crippen MR) is 142 cm³/mol. The number of nitrogens with two attached hydrogens (primary N) is 1. The number of ether oxygens (including phenoxy) is 2. The minimum Gasteiger partial charge on any atom is -0.468 e. The Morgan fingerprint density at radius 1 is 0.659 bits per heavy atom. The highest BCUT2D eigenvalue weighted by Crippen LogP contribution is 1.93. The molecule has 5 amide bonds. The van der Waals surface area contributed by atoms with E-state index in [-0.39, 0.29) is 32.7 Å². The van der Waals surface area contributed by atoms with E-state index in [1.807, 2.05) is 0 Å². The molecule has 234 valence electrons. The van der Waals surface area contributed by atoms with Crippen LogP contribution in [0, 0.1) is 0 Å². The van der Waals surface area contributed by atoms with Gasteiger partial charge in [0.25, 0.3) is 0 Å². The van der Waals surface area contributed by atoms with Crippen molar-refractivity contribution < 1.29 is 47.8 Å². The topological polar surface area (TPSA) is 260 Å². The smallest absolute Gasteiger partial charge is 0.325 e. The summed E-state index contributed by atoms with van der Waals surface area (Å²) < 4.78 is 9.05. The van der Waals surface area contributed by atoms with Gasteiger partial charge in [-0.15, -0.1) is 0 Å². The molecular formula is C22H41N9O10. The van der Waals surface area contributed by atoms with Crippen LogP contribution in [0.15, 0.2) is 0 Å². The van der Waals surface area contributed by atoms with Crippen LogP contribution in [0.5, 0.6) is 0 Å². The van der Waals surface area contributed by atoms with Crippen molar-refractivity contribution >= 4 is 47.8 Å². The van der Waals surface area contributed by atoms with Gasteiger partial charge in [-0.3, -0.25) is 44.8 Å². The first-order valence-corrected chi connectivity index (χ1v) is 12.1. The molecule has 0 spiro atoms. The van der Waals surface area contributed by atoms with Gasteiger partial charge in [-0.05, 0) is 14.1 Å². The summed E-state index contributed by atoms with van der Waals surface area (Å²) >= 11 is 0. The Bertz CT molecular complexity index is 873. The summed E-state index contributed by atoms with van der Waals surface area (Å²) in [6.07, 6.45) is 0.694. The molecule has 0 saturated carbocycles. The van der Waals surface area contributed by atoms with E-state index < -0.39 is 74.2 Å². The maximum Gasteiger partial charge on any atom is 0.325 e. The van der Waals surface area contributed by atoms with E-state index in [1.165, 1.54) is 7.05 Å². The molecule has 0 aliphatic carbocycles. The Balaban J connectivity index is 0. The number of hydrogen-bond donors (Lipinski definition) is 7. The minimum atomic E-state index is -0.755. The number of carbonyl (C=O) groups is 8. The van der Waals surface area contributed by atoms with Crippen LogP contribution < -0.4 is 37.9 Å².